The van der Waals surface area contributed by atoms with Crippen LogP contribution in [-0.4, -0.2) is 21.6 Å². The molecular weight excluding hydrogens is 307 g/mol. The normalized spacial score (nSPS) is 20.6. The number of aromatic nitrogens is 2. The van der Waals surface area contributed by atoms with E-state index in [-0.39, 0.29) is 0 Å². The molecule has 1 fully saturated rings. The molecule has 20 heavy (non-hydrogen) atoms. The summed E-state index contributed by atoms with van der Waals surface area (Å²) in [7, 11) is 0. The Kier molecular flexibility index (Phi) is 3.78. The van der Waals surface area contributed by atoms with E-state index in [1.54, 1.807) is 11.3 Å². The van der Waals surface area contributed by atoms with Crippen molar-refractivity contribution in [3.63, 3.8) is 0 Å². The third-order valence-electron chi connectivity index (χ3n) is 3.28. The topological polar surface area (TPSA) is 29.0 Å². The number of hydrogen-bond acceptors (Lipinski definition) is 5. The predicted octanol–water partition coefficient (Wildman–Crippen LogP) is 3.96. The maximum absolute atomic E-state index is 12.5. The fraction of sp³-hybridized carbons (Fsp3) is 0.500. The first-order valence-electron chi connectivity index (χ1n) is 6.21. The van der Waals surface area contributed by atoms with Crippen LogP contribution < -0.4 is 0 Å². The summed E-state index contributed by atoms with van der Waals surface area (Å²) in [5, 5.41) is 8.50. The van der Waals surface area contributed by atoms with Crippen LogP contribution in [0, 0.1) is 0 Å². The zero-order chi connectivity index (χ0) is 14.2. The maximum atomic E-state index is 12.5. The van der Waals surface area contributed by atoms with Gasteiger partial charge < -0.3 is 0 Å². The second-order valence-electron chi connectivity index (χ2n) is 4.64. The lowest BCUT2D eigenvalue weighted by molar-refractivity contribution is -0.138. The lowest BCUT2D eigenvalue weighted by Crippen LogP contribution is -2.22. The van der Waals surface area contributed by atoms with Gasteiger partial charge in [-0.15, -0.1) is 21.5 Å². The summed E-state index contributed by atoms with van der Waals surface area (Å²) in [5.74, 6) is 0. The Labute approximate surface area is 122 Å². The summed E-state index contributed by atoms with van der Waals surface area (Å²) in [5.41, 5.74) is 0. The molecule has 0 saturated carbocycles. The fourth-order valence-electron chi connectivity index (χ4n) is 2.42. The summed E-state index contributed by atoms with van der Waals surface area (Å²) in [4.78, 5) is 3.45. The van der Waals surface area contributed by atoms with Gasteiger partial charge in [0.25, 0.3) is 0 Å². The van der Waals surface area contributed by atoms with E-state index in [1.807, 2.05) is 11.4 Å². The van der Waals surface area contributed by atoms with Crippen LogP contribution in [-0.2, 0) is 12.7 Å². The number of likely N-dealkylation sites (tertiary alicyclic amines) is 1. The van der Waals surface area contributed by atoms with Crippen LogP contribution in [0.3, 0.4) is 0 Å². The second kappa shape index (κ2) is 5.42. The average Bonchev–Trinajstić information content (AvgIpc) is 3.08. The Morgan fingerprint density at radius 3 is 2.85 bits per heavy atom. The maximum Gasteiger partial charge on any atom is 0.445 e. The summed E-state index contributed by atoms with van der Waals surface area (Å²) < 4.78 is 37.5. The van der Waals surface area contributed by atoms with Crippen LogP contribution in [0.5, 0.6) is 0 Å². The van der Waals surface area contributed by atoms with Crippen LogP contribution in [0.4, 0.5) is 13.2 Å². The quantitative estimate of drug-likeness (QED) is 0.857. The minimum atomic E-state index is -4.39. The van der Waals surface area contributed by atoms with E-state index < -0.39 is 11.2 Å². The van der Waals surface area contributed by atoms with Crippen molar-refractivity contribution >= 4 is 22.7 Å². The highest BCUT2D eigenvalue weighted by Gasteiger charge is 2.36. The first kappa shape index (κ1) is 14.0. The van der Waals surface area contributed by atoms with Crippen LogP contribution in [0.15, 0.2) is 17.5 Å². The molecule has 0 aliphatic carbocycles. The van der Waals surface area contributed by atoms with E-state index in [0.29, 0.717) is 28.9 Å². The van der Waals surface area contributed by atoms with Crippen molar-refractivity contribution < 1.29 is 13.2 Å². The highest BCUT2D eigenvalue weighted by Crippen LogP contribution is 2.37. The van der Waals surface area contributed by atoms with E-state index >= 15 is 0 Å². The molecule has 0 spiro atoms. The lowest BCUT2D eigenvalue weighted by Gasteiger charge is -2.21. The molecule has 1 unspecified atom stereocenters. The van der Waals surface area contributed by atoms with E-state index in [9.17, 15) is 13.2 Å². The molecule has 1 aliphatic rings. The van der Waals surface area contributed by atoms with Gasteiger partial charge in [-0.3, -0.25) is 4.90 Å². The summed E-state index contributed by atoms with van der Waals surface area (Å²) in [6.07, 6.45) is -2.28. The molecule has 3 nitrogen and oxygen atoms in total. The van der Waals surface area contributed by atoms with Gasteiger partial charge in [0.2, 0.25) is 5.01 Å². The van der Waals surface area contributed by atoms with Gasteiger partial charge in [0.05, 0.1) is 6.54 Å². The largest absolute Gasteiger partial charge is 0.445 e. The average molecular weight is 319 g/mol. The minimum absolute atomic E-state index is 0.299. The smallest absolute Gasteiger partial charge is 0.289 e. The molecule has 3 heterocycles. The van der Waals surface area contributed by atoms with Crippen LogP contribution in [0.25, 0.3) is 0 Å². The number of hydrogen-bond donors (Lipinski definition) is 0. The highest BCUT2D eigenvalue weighted by molar-refractivity contribution is 7.11. The molecule has 1 aliphatic heterocycles. The van der Waals surface area contributed by atoms with Gasteiger partial charge >= 0.3 is 6.18 Å². The van der Waals surface area contributed by atoms with Gasteiger partial charge in [-0.05, 0) is 30.8 Å². The molecule has 1 saturated heterocycles. The van der Waals surface area contributed by atoms with Crippen molar-refractivity contribution in [2.45, 2.75) is 31.6 Å². The number of halogens is 3. The summed E-state index contributed by atoms with van der Waals surface area (Å²) >= 11 is 2.33. The molecule has 2 aromatic heterocycles. The Bertz CT molecular complexity index is 565. The molecule has 0 aromatic carbocycles. The van der Waals surface area contributed by atoms with Crippen molar-refractivity contribution in [2.75, 3.05) is 6.54 Å². The van der Waals surface area contributed by atoms with Gasteiger partial charge in [-0.2, -0.15) is 13.2 Å². The van der Waals surface area contributed by atoms with E-state index in [4.69, 9.17) is 0 Å². The van der Waals surface area contributed by atoms with E-state index in [0.717, 1.165) is 19.4 Å². The van der Waals surface area contributed by atoms with Crippen molar-refractivity contribution in [2.24, 2.45) is 0 Å². The zero-order valence-electron chi connectivity index (χ0n) is 10.4. The van der Waals surface area contributed by atoms with Crippen molar-refractivity contribution in [1.29, 1.82) is 0 Å². The third-order valence-corrected chi connectivity index (χ3v) is 5.21. The van der Waals surface area contributed by atoms with Crippen molar-refractivity contribution in [1.82, 2.24) is 15.1 Å². The van der Waals surface area contributed by atoms with Crippen molar-refractivity contribution in [3.8, 4) is 0 Å². The molecule has 8 heteroatoms. The Balaban J connectivity index is 1.72. The molecule has 1 atom stereocenters. The lowest BCUT2D eigenvalue weighted by atomic mass is 10.2. The van der Waals surface area contributed by atoms with Crippen LogP contribution in [0.2, 0.25) is 0 Å². The van der Waals surface area contributed by atoms with Gasteiger partial charge in [0.15, 0.2) is 0 Å². The monoisotopic (exact) mass is 319 g/mol. The second-order valence-corrected chi connectivity index (χ2v) is 6.68. The van der Waals surface area contributed by atoms with Gasteiger partial charge in [0, 0.05) is 10.9 Å². The molecule has 2 aromatic rings. The molecule has 3 rings (SSSR count). The van der Waals surface area contributed by atoms with Crippen molar-refractivity contribution in [3.05, 3.63) is 32.4 Å². The Morgan fingerprint density at radius 1 is 1.35 bits per heavy atom. The first-order valence-corrected chi connectivity index (χ1v) is 7.90. The number of thiophene rings is 1. The van der Waals surface area contributed by atoms with Crippen LogP contribution >= 0.6 is 22.7 Å². The number of rotatable bonds is 3. The fourth-order valence-corrected chi connectivity index (χ4v) is 4.05. The summed E-state index contributed by atoms with van der Waals surface area (Å²) in [6.45, 7) is 1.33. The SMILES string of the molecule is FC(F)(F)c1nnc(CN2CCCC2c2cccs2)s1. The standard InChI is InChI=1S/C12H12F3N3S2/c13-12(14,15)11-17-16-10(20-11)7-18-5-1-3-8(18)9-4-2-6-19-9/h2,4,6,8H,1,3,5,7H2. The van der Waals surface area contributed by atoms with Gasteiger partial charge in [0.1, 0.15) is 5.01 Å². The molecule has 0 N–H and O–H groups in total. The van der Waals surface area contributed by atoms with E-state index in [1.165, 1.54) is 4.88 Å². The minimum Gasteiger partial charge on any atom is -0.289 e. The predicted molar refractivity (Wildman–Crippen MR) is 71.6 cm³/mol. The van der Waals surface area contributed by atoms with Gasteiger partial charge in [-0.1, -0.05) is 17.4 Å². The van der Waals surface area contributed by atoms with Crippen LogP contribution in [0.1, 0.15) is 33.8 Å². The summed E-state index contributed by atoms with van der Waals surface area (Å²) in [6, 6.07) is 4.38. The molecular formula is C12H12F3N3S2. The molecule has 0 radical (unpaired) electrons. The number of nitrogens with zero attached hydrogens (tertiary/aromatic N) is 3. The molecule has 0 bridgehead atoms. The molecule has 0 amide bonds. The van der Waals surface area contributed by atoms with E-state index in [2.05, 4.69) is 21.2 Å². The third kappa shape index (κ3) is 2.87. The Morgan fingerprint density at radius 2 is 2.20 bits per heavy atom. The Hall–Kier alpha value is -0.990. The zero-order valence-corrected chi connectivity index (χ0v) is 12.1. The molecule has 108 valence electrons. The number of alkyl halides is 3. The van der Waals surface area contributed by atoms with Gasteiger partial charge in [-0.25, -0.2) is 0 Å². The first-order chi connectivity index (χ1) is 9.54. The highest BCUT2D eigenvalue weighted by atomic mass is 32.1.